The predicted molar refractivity (Wildman–Crippen MR) is 148 cm³/mol. The molecular formula is C30H21Cl2NO3S. The molecule has 7 heteroatoms. The van der Waals surface area contributed by atoms with Crippen LogP contribution in [0.2, 0.25) is 10.0 Å². The van der Waals surface area contributed by atoms with Gasteiger partial charge in [-0.1, -0.05) is 89.9 Å². The van der Waals surface area contributed by atoms with Crippen LogP contribution < -0.4 is 5.06 Å². The molecule has 1 saturated heterocycles. The van der Waals surface area contributed by atoms with E-state index in [-0.39, 0.29) is 16.6 Å². The number of halogens is 2. The molecule has 3 atom stereocenters. The highest BCUT2D eigenvalue weighted by atomic mass is 35.5. The summed E-state index contributed by atoms with van der Waals surface area (Å²) in [5.74, 6) is -0.604. The number of hydrogen-bond donors (Lipinski definition) is 0. The van der Waals surface area contributed by atoms with Crippen LogP contribution in [0.15, 0.2) is 108 Å². The number of carbonyl (C=O) groups excluding carboxylic acids is 2. The van der Waals surface area contributed by atoms with Gasteiger partial charge in [0.15, 0.2) is 17.2 Å². The molecule has 6 rings (SSSR count). The van der Waals surface area contributed by atoms with Gasteiger partial charge < -0.3 is 0 Å². The van der Waals surface area contributed by atoms with Crippen molar-refractivity contribution >= 4 is 52.2 Å². The number of carbonyl (C=O) groups is 2. The maximum absolute atomic E-state index is 14.4. The summed E-state index contributed by atoms with van der Waals surface area (Å²) in [6.45, 7) is 0. The molecule has 2 aliphatic heterocycles. The summed E-state index contributed by atoms with van der Waals surface area (Å²) in [7, 11) is 0. The number of hydrogen-bond acceptors (Lipinski definition) is 5. The average molecular weight is 546 g/mol. The van der Waals surface area contributed by atoms with Crippen molar-refractivity contribution in [1.29, 1.82) is 0 Å². The Morgan fingerprint density at radius 2 is 1.57 bits per heavy atom. The molecule has 0 amide bonds. The smallest absolute Gasteiger partial charge is 0.200 e. The van der Waals surface area contributed by atoms with Gasteiger partial charge >= 0.3 is 0 Å². The van der Waals surface area contributed by atoms with E-state index in [1.165, 1.54) is 0 Å². The lowest BCUT2D eigenvalue weighted by molar-refractivity contribution is 0.00524. The summed E-state index contributed by atoms with van der Waals surface area (Å²) in [6.07, 6.45) is 0. The van der Waals surface area contributed by atoms with Crippen molar-refractivity contribution in [2.24, 2.45) is 0 Å². The Morgan fingerprint density at radius 3 is 2.30 bits per heavy atom. The number of ketones is 2. The van der Waals surface area contributed by atoms with E-state index in [2.05, 4.69) is 0 Å². The molecule has 0 unspecified atom stereocenters. The SMILES string of the molecule is O=C(c1ccc(Cl)cc1Cl)[C@@H]1[C@@H](c2ccccc2)[C@@]2(CSc3ccccc3C2=O)ON1c1ccccc1. The molecule has 2 aliphatic rings. The van der Waals surface area contributed by atoms with Crippen LogP contribution in [0.25, 0.3) is 0 Å². The van der Waals surface area contributed by atoms with Gasteiger partial charge in [0.1, 0.15) is 6.04 Å². The summed E-state index contributed by atoms with van der Waals surface area (Å²) in [4.78, 5) is 36.3. The summed E-state index contributed by atoms with van der Waals surface area (Å²) >= 11 is 14.2. The largest absolute Gasteiger partial charge is 0.292 e. The molecule has 2 heterocycles. The Balaban J connectivity index is 1.58. The van der Waals surface area contributed by atoms with E-state index in [1.54, 1.807) is 35.0 Å². The van der Waals surface area contributed by atoms with Crippen LogP contribution in [0, 0.1) is 0 Å². The zero-order valence-electron chi connectivity index (χ0n) is 19.5. The number of anilines is 1. The fraction of sp³-hybridized carbons (Fsp3) is 0.133. The fourth-order valence-electron chi connectivity index (χ4n) is 5.24. The molecule has 0 bridgehead atoms. The lowest BCUT2D eigenvalue weighted by Crippen LogP contribution is -2.49. The molecule has 0 radical (unpaired) electrons. The Kier molecular flexibility index (Phi) is 6.33. The van der Waals surface area contributed by atoms with Gasteiger partial charge in [-0.2, -0.15) is 0 Å². The lowest BCUT2D eigenvalue weighted by atomic mass is 9.73. The third-order valence-electron chi connectivity index (χ3n) is 6.92. The zero-order chi connectivity index (χ0) is 25.6. The minimum atomic E-state index is -1.30. The van der Waals surface area contributed by atoms with Crippen molar-refractivity contribution < 1.29 is 14.4 Å². The fourth-order valence-corrected chi connectivity index (χ4v) is 6.97. The topological polar surface area (TPSA) is 46.6 Å². The van der Waals surface area contributed by atoms with Crippen LogP contribution in [-0.2, 0) is 4.84 Å². The first kappa shape index (κ1) is 24.3. The number of para-hydroxylation sites is 1. The molecule has 0 aliphatic carbocycles. The van der Waals surface area contributed by atoms with E-state index >= 15 is 0 Å². The van der Waals surface area contributed by atoms with Crippen LogP contribution in [0.3, 0.4) is 0 Å². The summed E-state index contributed by atoms with van der Waals surface area (Å²) < 4.78 is 0. The van der Waals surface area contributed by atoms with Gasteiger partial charge in [-0.3, -0.25) is 14.4 Å². The molecule has 184 valence electrons. The highest BCUT2D eigenvalue weighted by molar-refractivity contribution is 7.99. The molecule has 37 heavy (non-hydrogen) atoms. The molecule has 4 aromatic carbocycles. The molecule has 0 aromatic heterocycles. The molecular weight excluding hydrogens is 525 g/mol. The van der Waals surface area contributed by atoms with Crippen molar-refractivity contribution in [1.82, 2.24) is 0 Å². The summed E-state index contributed by atoms with van der Waals surface area (Å²) in [6, 6.07) is 30.6. The molecule has 1 spiro atoms. The second-order valence-electron chi connectivity index (χ2n) is 9.08. The van der Waals surface area contributed by atoms with Crippen molar-refractivity contribution in [2.75, 3.05) is 10.8 Å². The van der Waals surface area contributed by atoms with E-state index in [4.69, 9.17) is 28.0 Å². The Hall–Kier alpha value is -3.09. The van der Waals surface area contributed by atoms with Gasteiger partial charge in [0, 0.05) is 26.8 Å². The van der Waals surface area contributed by atoms with Crippen molar-refractivity contribution in [3.05, 3.63) is 130 Å². The number of nitrogens with zero attached hydrogens (tertiary/aromatic N) is 1. The standard InChI is InChI=1S/C30H21Cl2NO3S/c31-20-15-16-22(24(32)17-20)28(34)27-26(19-9-3-1-4-10-19)30(36-33(27)21-11-5-2-6-12-21)18-37-25-14-8-7-13-23(25)29(30)35/h1-17,26-27H,18H2/t26-,27+,30-/m1/s1. The van der Waals surface area contributed by atoms with E-state index in [1.807, 2.05) is 84.9 Å². The van der Waals surface area contributed by atoms with E-state index in [0.29, 0.717) is 27.6 Å². The van der Waals surface area contributed by atoms with Gasteiger partial charge in [-0.05, 0) is 42.0 Å². The highest BCUT2D eigenvalue weighted by Gasteiger charge is 2.63. The molecule has 0 N–H and O–H groups in total. The third-order valence-corrected chi connectivity index (χ3v) is 8.71. The Bertz CT molecular complexity index is 1500. The highest BCUT2D eigenvalue weighted by Crippen LogP contribution is 2.53. The Labute approximate surface area is 229 Å². The zero-order valence-corrected chi connectivity index (χ0v) is 21.8. The minimum Gasteiger partial charge on any atom is -0.292 e. The first-order valence-corrected chi connectivity index (χ1v) is 13.6. The monoisotopic (exact) mass is 545 g/mol. The van der Waals surface area contributed by atoms with Crippen LogP contribution in [-0.4, -0.2) is 29.0 Å². The molecule has 4 aromatic rings. The minimum absolute atomic E-state index is 0.130. The normalized spacial score (nSPS) is 22.8. The number of thioether (sulfide) groups is 1. The third kappa shape index (κ3) is 4.07. The van der Waals surface area contributed by atoms with Crippen LogP contribution in [0.1, 0.15) is 32.2 Å². The molecule has 0 saturated carbocycles. The molecule has 4 nitrogen and oxygen atoms in total. The molecule has 1 fully saturated rings. The Morgan fingerprint density at radius 1 is 0.892 bits per heavy atom. The first-order chi connectivity index (χ1) is 18.0. The van der Waals surface area contributed by atoms with Crippen molar-refractivity contribution in [3.8, 4) is 0 Å². The second kappa shape index (κ2) is 9.66. The van der Waals surface area contributed by atoms with E-state index < -0.39 is 17.6 Å². The second-order valence-corrected chi connectivity index (χ2v) is 10.9. The van der Waals surface area contributed by atoms with Gasteiger partial charge in [-0.25, -0.2) is 5.06 Å². The van der Waals surface area contributed by atoms with Crippen LogP contribution >= 0.6 is 35.0 Å². The predicted octanol–water partition coefficient (Wildman–Crippen LogP) is 7.51. The van der Waals surface area contributed by atoms with E-state index in [0.717, 1.165) is 10.5 Å². The lowest BCUT2D eigenvalue weighted by Gasteiger charge is -2.35. The van der Waals surface area contributed by atoms with E-state index in [9.17, 15) is 9.59 Å². The number of Topliss-reactive ketones (excluding diaryl/α,β-unsaturated/α-hetero) is 2. The average Bonchev–Trinajstić information content (AvgIpc) is 3.27. The van der Waals surface area contributed by atoms with Crippen LogP contribution in [0.4, 0.5) is 5.69 Å². The first-order valence-electron chi connectivity index (χ1n) is 11.8. The van der Waals surface area contributed by atoms with Crippen molar-refractivity contribution in [3.63, 3.8) is 0 Å². The van der Waals surface area contributed by atoms with Gasteiger partial charge in [0.25, 0.3) is 0 Å². The maximum atomic E-state index is 14.4. The number of rotatable bonds is 4. The summed E-state index contributed by atoms with van der Waals surface area (Å²) in [5.41, 5.74) is 1.16. The van der Waals surface area contributed by atoms with Gasteiger partial charge in [0.2, 0.25) is 0 Å². The van der Waals surface area contributed by atoms with Crippen molar-refractivity contribution in [2.45, 2.75) is 22.5 Å². The number of fused-ring (bicyclic) bond motifs is 1. The number of benzene rings is 4. The summed E-state index contributed by atoms with van der Waals surface area (Å²) in [5, 5.41) is 2.31. The maximum Gasteiger partial charge on any atom is 0.200 e. The quantitative estimate of drug-likeness (QED) is 0.248. The van der Waals surface area contributed by atoms with Gasteiger partial charge in [-0.15, -0.1) is 11.8 Å². The number of hydroxylamine groups is 1. The van der Waals surface area contributed by atoms with Crippen LogP contribution in [0.5, 0.6) is 0 Å². The van der Waals surface area contributed by atoms with Gasteiger partial charge in [0.05, 0.1) is 16.6 Å².